The van der Waals surface area contributed by atoms with Gasteiger partial charge in [0.1, 0.15) is 41.1 Å². The molecule has 0 saturated heterocycles. The highest BCUT2D eigenvalue weighted by molar-refractivity contribution is 9.10. The number of nitrogens with zero attached hydrogens (tertiary/aromatic N) is 2. The van der Waals surface area contributed by atoms with Crippen LogP contribution in [0, 0.1) is 11.2 Å². The van der Waals surface area contributed by atoms with Gasteiger partial charge in [0.15, 0.2) is 21.9 Å². The Morgan fingerprint density at radius 3 is 2.69 bits per heavy atom. The lowest BCUT2D eigenvalue weighted by molar-refractivity contribution is 0.0975. The van der Waals surface area contributed by atoms with Gasteiger partial charge in [0.05, 0.1) is 20.8 Å². The van der Waals surface area contributed by atoms with Gasteiger partial charge in [0, 0.05) is 17.3 Å². The molecular formula is C30H25BrFN3O6S. The molecule has 1 unspecified atom stereocenters. The van der Waals surface area contributed by atoms with E-state index in [0.29, 0.717) is 10.2 Å². The van der Waals surface area contributed by atoms with E-state index in [0.717, 1.165) is 23.6 Å². The molecule has 3 heterocycles. The molecule has 0 aliphatic carbocycles. The molecule has 6 rings (SSSR count). The van der Waals surface area contributed by atoms with Gasteiger partial charge in [-0.2, -0.15) is 0 Å². The zero-order valence-corrected chi connectivity index (χ0v) is 24.9. The van der Waals surface area contributed by atoms with E-state index in [9.17, 15) is 18.3 Å². The molecule has 0 radical (unpaired) electrons. The van der Waals surface area contributed by atoms with Crippen LogP contribution in [-0.2, 0) is 9.84 Å². The van der Waals surface area contributed by atoms with Crippen molar-refractivity contribution in [2.45, 2.75) is 26.3 Å². The third kappa shape index (κ3) is 4.94. The molecule has 12 heteroatoms. The van der Waals surface area contributed by atoms with E-state index >= 15 is 4.39 Å². The number of nitrogens with one attached hydrogen (secondary N) is 1. The minimum atomic E-state index is -4.07. The van der Waals surface area contributed by atoms with Crippen molar-refractivity contribution in [3.05, 3.63) is 105 Å². The number of fused-ring (bicyclic) bond motifs is 1. The molecule has 1 amide bonds. The molecule has 42 heavy (non-hydrogen) atoms. The number of rotatable bonds is 4. The van der Waals surface area contributed by atoms with Crippen LogP contribution in [0.3, 0.4) is 0 Å². The summed E-state index contributed by atoms with van der Waals surface area (Å²) in [5.41, 5.74) is -0.358. The fraction of sp³-hybridized carbons (Fsp3) is 0.200. The smallest absolute Gasteiger partial charge is 0.281 e. The number of ether oxygens (including phenoxy) is 1. The van der Waals surface area contributed by atoms with E-state index in [2.05, 4.69) is 26.2 Å². The lowest BCUT2D eigenvalue weighted by Crippen LogP contribution is -2.41. The SMILES string of the molecule is CC1(C)CC2=C(C(c3ccc(Oc4ccccc4Br)cc3F)N(C(=O)c3cocn3)c3cccc(O)c3N2)S(=O)(=O)C1. The number of phenols is 1. The standard InChI is InChI=1S/C30H25BrFN3O6S/c1-30(2)13-21-28(42(38,39)15-30)27(18-11-10-17(12-20(18)32)41-25-9-4-3-6-19(25)31)35(29(37)22-14-40-16-33-22)23-7-5-8-24(36)26(23)34-21/h3-12,14,16,27,34,36H,13,15H2,1-2H3. The van der Waals surface area contributed by atoms with Gasteiger partial charge in [-0.1, -0.05) is 32.0 Å². The van der Waals surface area contributed by atoms with Crippen LogP contribution in [0.15, 0.2) is 92.8 Å². The number of sulfone groups is 1. The number of anilines is 2. The summed E-state index contributed by atoms with van der Waals surface area (Å²) in [7, 11) is -4.07. The van der Waals surface area contributed by atoms with E-state index in [1.165, 1.54) is 24.3 Å². The largest absolute Gasteiger partial charge is 0.506 e. The molecule has 1 aromatic heterocycles. The van der Waals surface area contributed by atoms with Crippen molar-refractivity contribution < 1.29 is 31.9 Å². The molecule has 4 aromatic rings. The first-order valence-electron chi connectivity index (χ1n) is 12.9. The number of carbonyl (C=O) groups is 1. The number of para-hydroxylation sites is 2. The van der Waals surface area contributed by atoms with Crippen LogP contribution in [0.5, 0.6) is 17.2 Å². The average molecular weight is 655 g/mol. The highest BCUT2D eigenvalue weighted by atomic mass is 79.9. The van der Waals surface area contributed by atoms with Crippen molar-refractivity contribution in [1.82, 2.24) is 4.98 Å². The van der Waals surface area contributed by atoms with Crippen LogP contribution in [0.1, 0.15) is 42.4 Å². The number of hydrogen-bond donors (Lipinski definition) is 2. The van der Waals surface area contributed by atoms with Gasteiger partial charge in [-0.15, -0.1) is 0 Å². The lowest BCUT2D eigenvalue weighted by atomic mass is 9.88. The van der Waals surface area contributed by atoms with Crippen LogP contribution >= 0.6 is 15.9 Å². The third-order valence-corrected chi connectivity index (χ3v) is 10.1. The Morgan fingerprint density at radius 1 is 1.19 bits per heavy atom. The maximum Gasteiger partial charge on any atom is 0.281 e. The highest BCUT2D eigenvalue weighted by Crippen LogP contribution is 2.52. The second-order valence-corrected chi connectivity index (χ2v) is 13.7. The number of aromatic hydroxyl groups is 1. The Labute approximate surface area is 249 Å². The van der Waals surface area contributed by atoms with Crippen molar-refractivity contribution in [2.75, 3.05) is 16.0 Å². The topological polar surface area (TPSA) is 122 Å². The molecule has 0 fully saturated rings. The molecule has 2 aliphatic rings. The van der Waals surface area contributed by atoms with Gasteiger partial charge in [-0.3, -0.25) is 9.69 Å². The van der Waals surface area contributed by atoms with Crippen LogP contribution in [0.25, 0.3) is 0 Å². The molecule has 0 bridgehead atoms. The Morgan fingerprint density at radius 2 is 1.98 bits per heavy atom. The van der Waals surface area contributed by atoms with E-state index in [-0.39, 0.29) is 56.9 Å². The summed E-state index contributed by atoms with van der Waals surface area (Å²) in [5.74, 6) is -1.35. The maximum atomic E-state index is 16.2. The number of allylic oxidation sites excluding steroid dienone is 1. The first kappa shape index (κ1) is 28.0. The minimum Gasteiger partial charge on any atom is -0.506 e. The zero-order valence-electron chi connectivity index (χ0n) is 22.5. The Kier molecular flexibility index (Phi) is 6.85. The number of amides is 1. The van der Waals surface area contributed by atoms with Gasteiger partial charge in [-0.05, 0) is 64.2 Å². The van der Waals surface area contributed by atoms with E-state index in [1.54, 1.807) is 24.3 Å². The van der Waals surface area contributed by atoms with Crippen molar-refractivity contribution in [2.24, 2.45) is 5.41 Å². The molecule has 9 nitrogen and oxygen atoms in total. The summed E-state index contributed by atoms with van der Waals surface area (Å²) in [6.07, 6.45) is 2.46. The average Bonchev–Trinajstić information content (AvgIpc) is 3.40. The second-order valence-electron chi connectivity index (χ2n) is 10.9. The quantitative estimate of drug-likeness (QED) is 0.227. The number of aromatic nitrogens is 1. The van der Waals surface area contributed by atoms with Crippen LogP contribution in [0.4, 0.5) is 15.8 Å². The summed E-state index contributed by atoms with van der Waals surface area (Å²) in [6, 6.07) is 14.2. The summed E-state index contributed by atoms with van der Waals surface area (Å²) < 4.78 is 55.9. The fourth-order valence-electron chi connectivity index (χ4n) is 5.50. The van der Waals surface area contributed by atoms with Crippen molar-refractivity contribution in [3.8, 4) is 17.2 Å². The molecule has 0 saturated carbocycles. The fourth-order valence-corrected chi connectivity index (χ4v) is 8.22. The normalized spacial score (nSPS) is 18.9. The van der Waals surface area contributed by atoms with Crippen molar-refractivity contribution >= 4 is 43.0 Å². The van der Waals surface area contributed by atoms with Gasteiger partial charge in [0.2, 0.25) is 0 Å². The molecule has 216 valence electrons. The number of carbonyl (C=O) groups excluding carboxylic acids is 1. The highest BCUT2D eigenvalue weighted by Gasteiger charge is 2.48. The monoisotopic (exact) mass is 653 g/mol. The first-order chi connectivity index (χ1) is 19.9. The molecule has 2 aliphatic heterocycles. The first-order valence-corrected chi connectivity index (χ1v) is 15.4. The summed E-state index contributed by atoms with van der Waals surface area (Å²) >= 11 is 3.40. The van der Waals surface area contributed by atoms with Gasteiger partial charge in [-0.25, -0.2) is 17.8 Å². The molecular weight excluding hydrogens is 629 g/mol. The number of phenolic OH excluding ortho intramolecular Hbond substituents is 1. The Balaban J connectivity index is 1.60. The van der Waals surface area contributed by atoms with Crippen molar-refractivity contribution in [3.63, 3.8) is 0 Å². The van der Waals surface area contributed by atoms with Gasteiger partial charge < -0.3 is 19.6 Å². The van der Waals surface area contributed by atoms with Gasteiger partial charge >= 0.3 is 0 Å². The molecule has 2 N–H and O–H groups in total. The predicted molar refractivity (Wildman–Crippen MR) is 158 cm³/mol. The number of oxazole rings is 1. The van der Waals surface area contributed by atoms with Crippen LogP contribution < -0.4 is 15.0 Å². The van der Waals surface area contributed by atoms with Gasteiger partial charge in [0.25, 0.3) is 5.91 Å². The van der Waals surface area contributed by atoms with E-state index in [1.807, 2.05) is 19.9 Å². The summed E-state index contributed by atoms with van der Waals surface area (Å²) in [5, 5.41) is 14.0. The lowest BCUT2D eigenvalue weighted by Gasteiger charge is -2.37. The minimum absolute atomic E-state index is 0.0832. The second kappa shape index (κ2) is 10.3. The molecule has 3 aromatic carbocycles. The van der Waals surface area contributed by atoms with Crippen LogP contribution in [-0.4, -0.2) is 30.2 Å². The van der Waals surface area contributed by atoms with Crippen LogP contribution in [0.2, 0.25) is 0 Å². The van der Waals surface area contributed by atoms with E-state index < -0.39 is 33.0 Å². The summed E-state index contributed by atoms with van der Waals surface area (Å²) in [4.78, 5) is 19.0. The van der Waals surface area contributed by atoms with E-state index in [4.69, 9.17) is 9.15 Å². The number of benzene rings is 3. The Hall–Kier alpha value is -4.16. The summed E-state index contributed by atoms with van der Waals surface area (Å²) in [6.45, 7) is 3.63. The third-order valence-electron chi connectivity index (χ3n) is 7.13. The maximum absolute atomic E-state index is 16.2. The Bertz CT molecular complexity index is 1860. The molecule has 1 atom stereocenters. The number of hydrogen-bond acceptors (Lipinski definition) is 8. The van der Waals surface area contributed by atoms with Crippen molar-refractivity contribution in [1.29, 1.82) is 0 Å². The predicted octanol–water partition coefficient (Wildman–Crippen LogP) is 6.94. The number of halogens is 2. The zero-order chi connectivity index (χ0) is 29.8. The molecule has 0 spiro atoms.